The molecule has 0 spiro atoms. The van der Waals surface area contributed by atoms with E-state index in [1.807, 2.05) is 0 Å². The fourth-order valence-corrected chi connectivity index (χ4v) is 1.08. The SMILES string of the molecule is CC(C)OC(=O)[C@@H](NC(=O)C(C)O)C(C)C. The molecule has 5 heteroatoms. The molecule has 0 fully saturated rings. The maximum absolute atomic E-state index is 11.6. The minimum Gasteiger partial charge on any atom is -0.461 e. The zero-order chi connectivity index (χ0) is 12.9. The quantitative estimate of drug-likeness (QED) is 0.674. The minimum atomic E-state index is -1.13. The van der Waals surface area contributed by atoms with Gasteiger partial charge in [0.15, 0.2) is 0 Å². The van der Waals surface area contributed by atoms with Crippen molar-refractivity contribution in [2.75, 3.05) is 0 Å². The summed E-state index contributed by atoms with van der Waals surface area (Å²) in [5.74, 6) is -1.13. The lowest BCUT2D eigenvalue weighted by atomic mass is 10.0. The highest BCUT2D eigenvalue weighted by Gasteiger charge is 2.27. The summed E-state index contributed by atoms with van der Waals surface area (Å²) in [4.78, 5) is 22.9. The second-order valence-corrected chi connectivity index (χ2v) is 4.39. The van der Waals surface area contributed by atoms with Crippen LogP contribution in [-0.4, -0.2) is 35.2 Å². The molecule has 94 valence electrons. The van der Waals surface area contributed by atoms with E-state index in [2.05, 4.69) is 5.32 Å². The van der Waals surface area contributed by atoms with Crippen molar-refractivity contribution in [2.24, 2.45) is 5.92 Å². The van der Waals surface area contributed by atoms with Crippen molar-refractivity contribution >= 4 is 11.9 Å². The van der Waals surface area contributed by atoms with Gasteiger partial charge in [0.1, 0.15) is 12.1 Å². The highest BCUT2D eigenvalue weighted by atomic mass is 16.5. The second kappa shape index (κ2) is 6.48. The van der Waals surface area contributed by atoms with Crippen LogP contribution < -0.4 is 5.32 Å². The number of esters is 1. The summed E-state index contributed by atoms with van der Waals surface area (Å²) >= 11 is 0. The molecule has 0 saturated heterocycles. The van der Waals surface area contributed by atoms with Crippen LogP contribution in [0.1, 0.15) is 34.6 Å². The molecule has 0 aromatic heterocycles. The van der Waals surface area contributed by atoms with E-state index in [1.54, 1.807) is 27.7 Å². The van der Waals surface area contributed by atoms with Gasteiger partial charge in [0.2, 0.25) is 5.91 Å². The number of aliphatic hydroxyl groups is 1. The van der Waals surface area contributed by atoms with Gasteiger partial charge in [-0.3, -0.25) is 4.79 Å². The summed E-state index contributed by atoms with van der Waals surface area (Å²) in [6.07, 6.45) is -1.36. The minimum absolute atomic E-state index is 0.0889. The van der Waals surface area contributed by atoms with E-state index in [1.165, 1.54) is 6.92 Å². The van der Waals surface area contributed by atoms with E-state index in [0.717, 1.165) is 0 Å². The Morgan fingerprint density at radius 2 is 1.62 bits per heavy atom. The van der Waals surface area contributed by atoms with Crippen LogP contribution in [0.3, 0.4) is 0 Å². The number of rotatable bonds is 5. The average Bonchev–Trinajstić information content (AvgIpc) is 2.11. The maximum atomic E-state index is 11.6. The summed E-state index contributed by atoms with van der Waals surface area (Å²) in [6, 6.07) is -0.718. The normalized spacial score (nSPS) is 14.8. The topological polar surface area (TPSA) is 75.6 Å². The lowest BCUT2D eigenvalue weighted by Crippen LogP contribution is -2.48. The zero-order valence-electron chi connectivity index (χ0n) is 10.5. The third kappa shape index (κ3) is 5.11. The molecular weight excluding hydrogens is 210 g/mol. The van der Waals surface area contributed by atoms with E-state index in [-0.39, 0.29) is 12.0 Å². The molecule has 1 unspecified atom stereocenters. The summed E-state index contributed by atoms with van der Waals surface area (Å²) < 4.78 is 5.02. The third-order valence-electron chi connectivity index (χ3n) is 1.95. The number of nitrogens with one attached hydrogen (secondary N) is 1. The van der Waals surface area contributed by atoms with Crippen molar-refractivity contribution in [3.05, 3.63) is 0 Å². The van der Waals surface area contributed by atoms with Gasteiger partial charge in [-0.05, 0) is 26.7 Å². The molecular formula is C11H21NO4. The molecule has 2 N–H and O–H groups in total. The summed E-state index contributed by atoms with van der Waals surface area (Å²) in [5, 5.41) is 11.5. The fraction of sp³-hybridized carbons (Fsp3) is 0.818. The lowest BCUT2D eigenvalue weighted by Gasteiger charge is -2.22. The van der Waals surface area contributed by atoms with Gasteiger partial charge in [0, 0.05) is 0 Å². The molecule has 0 aliphatic rings. The Morgan fingerprint density at radius 1 is 1.12 bits per heavy atom. The van der Waals surface area contributed by atoms with Gasteiger partial charge in [-0.15, -0.1) is 0 Å². The van der Waals surface area contributed by atoms with Gasteiger partial charge in [0.25, 0.3) is 0 Å². The van der Waals surface area contributed by atoms with E-state index in [0.29, 0.717) is 0 Å². The number of hydrogen-bond acceptors (Lipinski definition) is 4. The molecule has 0 saturated carbocycles. The van der Waals surface area contributed by atoms with E-state index in [4.69, 9.17) is 9.84 Å². The third-order valence-corrected chi connectivity index (χ3v) is 1.95. The van der Waals surface area contributed by atoms with Crippen molar-refractivity contribution in [3.63, 3.8) is 0 Å². The molecule has 0 rings (SSSR count). The van der Waals surface area contributed by atoms with Gasteiger partial charge in [-0.25, -0.2) is 4.79 Å². The van der Waals surface area contributed by atoms with Crippen molar-refractivity contribution in [1.29, 1.82) is 0 Å². The molecule has 0 aromatic carbocycles. The molecule has 0 radical (unpaired) electrons. The van der Waals surface area contributed by atoms with Crippen molar-refractivity contribution < 1.29 is 19.4 Å². The Balaban J connectivity index is 4.50. The maximum Gasteiger partial charge on any atom is 0.329 e. The van der Waals surface area contributed by atoms with Crippen LogP contribution in [0.15, 0.2) is 0 Å². The van der Waals surface area contributed by atoms with Crippen LogP contribution in [0.2, 0.25) is 0 Å². The molecule has 2 atom stereocenters. The van der Waals surface area contributed by atoms with E-state index in [9.17, 15) is 9.59 Å². The standard InChI is InChI=1S/C11H21NO4/c1-6(2)9(11(15)16-7(3)4)12-10(14)8(5)13/h6-9,13H,1-5H3,(H,12,14)/t8?,9-/m0/s1. The largest absolute Gasteiger partial charge is 0.461 e. The van der Waals surface area contributed by atoms with Crippen molar-refractivity contribution in [3.8, 4) is 0 Å². The van der Waals surface area contributed by atoms with Crippen LogP contribution in [0.5, 0.6) is 0 Å². The fourth-order valence-electron chi connectivity index (χ4n) is 1.08. The van der Waals surface area contributed by atoms with Crippen molar-refractivity contribution in [1.82, 2.24) is 5.32 Å². The molecule has 0 heterocycles. The van der Waals surface area contributed by atoms with Crippen LogP contribution in [0.4, 0.5) is 0 Å². The summed E-state index contributed by atoms with van der Waals surface area (Å²) in [6.45, 7) is 8.43. The second-order valence-electron chi connectivity index (χ2n) is 4.39. The Kier molecular flexibility index (Phi) is 6.03. The van der Waals surface area contributed by atoms with Crippen LogP contribution in [-0.2, 0) is 14.3 Å². The Labute approximate surface area is 96.2 Å². The number of hydrogen-bond donors (Lipinski definition) is 2. The Morgan fingerprint density at radius 3 is 1.94 bits per heavy atom. The first-order valence-electron chi connectivity index (χ1n) is 5.44. The number of amides is 1. The number of carbonyl (C=O) groups is 2. The first-order valence-corrected chi connectivity index (χ1v) is 5.44. The first-order chi connectivity index (χ1) is 7.25. The Hall–Kier alpha value is -1.10. The molecule has 5 nitrogen and oxygen atoms in total. The molecule has 0 bridgehead atoms. The van der Waals surface area contributed by atoms with E-state index >= 15 is 0 Å². The molecule has 0 aliphatic carbocycles. The number of ether oxygens (including phenoxy) is 1. The number of carbonyl (C=O) groups excluding carboxylic acids is 2. The summed E-state index contributed by atoms with van der Waals surface area (Å²) in [7, 11) is 0. The van der Waals surface area contributed by atoms with Crippen LogP contribution in [0, 0.1) is 5.92 Å². The van der Waals surface area contributed by atoms with Gasteiger partial charge < -0.3 is 15.2 Å². The van der Waals surface area contributed by atoms with E-state index < -0.39 is 24.0 Å². The highest BCUT2D eigenvalue weighted by molar-refractivity contribution is 5.86. The van der Waals surface area contributed by atoms with Gasteiger partial charge in [-0.2, -0.15) is 0 Å². The Bertz CT molecular complexity index is 248. The molecule has 0 aliphatic heterocycles. The lowest BCUT2D eigenvalue weighted by molar-refractivity contribution is -0.153. The van der Waals surface area contributed by atoms with Gasteiger partial charge >= 0.3 is 5.97 Å². The average molecular weight is 231 g/mol. The molecule has 1 amide bonds. The molecule has 0 aromatic rings. The van der Waals surface area contributed by atoms with Gasteiger partial charge in [0.05, 0.1) is 6.10 Å². The van der Waals surface area contributed by atoms with Crippen molar-refractivity contribution in [2.45, 2.75) is 52.9 Å². The molecule has 16 heavy (non-hydrogen) atoms. The van der Waals surface area contributed by atoms with Gasteiger partial charge in [-0.1, -0.05) is 13.8 Å². The number of aliphatic hydroxyl groups excluding tert-OH is 1. The predicted octanol–water partition coefficient (Wildman–Crippen LogP) is 0.460. The summed E-state index contributed by atoms with van der Waals surface area (Å²) in [5.41, 5.74) is 0. The predicted molar refractivity (Wildman–Crippen MR) is 59.7 cm³/mol. The van der Waals surface area contributed by atoms with Crippen LogP contribution in [0.25, 0.3) is 0 Å². The monoisotopic (exact) mass is 231 g/mol. The first kappa shape index (κ1) is 14.9. The smallest absolute Gasteiger partial charge is 0.329 e. The zero-order valence-corrected chi connectivity index (χ0v) is 10.5. The van der Waals surface area contributed by atoms with Crippen LogP contribution >= 0.6 is 0 Å². The highest BCUT2D eigenvalue weighted by Crippen LogP contribution is 2.06.